The molecule has 1 saturated carbocycles. The Balaban J connectivity index is 1.66. The SMILES string of the molecule is O=C(NC1CC(C(=O)O)C1)c1c2c(nc3ccccc13)CCC2. The Labute approximate surface area is 133 Å². The van der Waals surface area contributed by atoms with Gasteiger partial charge in [0.15, 0.2) is 0 Å². The summed E-state index contributed by atoms with van der Waals surface area (Å²) in [6, 6.07) is 7.70. The summed E-state index contributed by atoms with van der Waals surface area (Å²) in [7, 11) is 0. The maximum absolute atomic E-state index is 12.8. The van der Waals surface area contributed by atoms with E-state index in [-0.39, 0.29) is 17.9 Å². The summed E-state index contributed by atoms with van der Waals surface area (Å²) in [4.78, 5) is 28.4. The van der Waals surface area contributed by atoms with Gasteiger partial charge < -0.3 is 10.4 Å². The molecule has 2 N–H and O–H groups in total. The van der Waals surface area contributed by atoms with E-state index in [0.717, 1.165) is 47.0 Å². The van der Waals surface area contributed by atoms with Crippen molar-refractivity contribution in [2.45, 2.75) is 38.1 Å². The van der Waals surface area contributed by atoms with Crippen LogP contribution in [0, 0.1) is 5.92 Å². The van der Waals surface area contributed by atoms with Crippen LogP contribution in [0.4, 0.5) is 0 Å². The lowest BCUT2D eigenvalue weighted by molar-refractivity contribution is -0.145. The predicted molar refractivity (Wildman–Crippen MR) is 85.4 cm³/mol. The van der Waals surface area contributed by atoms with Crippen molar-refractivity contribution in [3.63, 3.8) is 0 Å². The van der Waals surface area contributed by atoms with Gasteiger partial charge in [0.25, 0.3) is 5.91 Å². The lowest BCUT2D eigenvalue weighted by Gasteiger charge is -2.33. The van der Waals surface area contributed by atoms with Crippen LogP contribution in [0.3, 0.4) is 0 Å². The van der Waals surface area contributed by atoms with E-state index in [9.17, 15) is 9.59 Å². The van der Waals surface area contributed by atoms with Gasteiger partial charge in [0, 0.05) is 17.1 Å². The van der Waals surface area contributed by atoms with Crippen LogP contribution in [-0.2, 0) is 17.6 Å². The molecule has 118 valence electrons. The fourth-order valence-corrected chi connectivity index (χ4v) is 3.67. The summed E-state index contributed by atoms with van der Waals surface area (Å²) in [5.74, 6) is -1.18. The van der Waals surface area contributed by atoms with E-state index in [1.54, 1.807) is 0 Å². The number of para-hydroxylation sites is 1. The van der Waals surface area contributed by atoms with Crippen molar-refractivity contribution < 1.29 is 14.7 Å². The normalized spacial score (nSPS) is 22.4. The number of carbonyl (C=O) groups is 2. The minimum atomic E-state index is -0.772. The zero-order valence-corrected chi connectivity index (χ0v) is 12.7. The second-order valence-electron chi connectivity index (χ2n) is 6.46. The molecule has 0 unspecified atom stereocenters. The first-order valence-corrected chi connectivity index (χ1v) is 8.07. The maximum Gasteiger partial charge on any atom is 0.306 e. The van der Waals surface area contributed by atoms with Crippen LogP contribution in [0.25, 0.3) is 10.9 Å². The Morgan fingerprint density at radius 3 is 2.74 bits per heavy atom. The van der Waals surface area contributed by atoms with Crippen LogP contribution < -0.4 is 5.32 Å². The third-order valence-electron chi connectivity index (χ3n) is 4.97. The first kappa shape index (κ1) is 14.2. The molecule has 0 atom stereocenters. The van der Waals surface area contributed by atoms with Gasteiger partial charge in [0.2, 0.25) is 0 Å². The van der Waals surface area contributed by atoms with Gasteiger partial charge in [-0.1, -0.05) is 18.2 Å². The molecule has 0 spiro atoms. The molecule has 2 aliphatic carbocycles. The minimum absolute atomic E-state index is 0.0346. The molecule has 2 aromatic rings. The number of aryl methyl sites for hydroxylation is 1. The number of benzene rings is 1. The van der Waals surface area contributed by atoms with E-state index in [1.165, 1.54) is 0 Å². The van der Waals surface area contributed by atoms with Gasteiger partial charge in [-0.25, -0.2) is 0 Å². The number of hydrogen-bond acceptors (Lipinski definition) is 3. The standard InChI is InChI=1S/C18H18N2O3/c21-17(19-11-8-10(9-11)18(22)23)16-12-4-1-2-6-14(12)20-15-7-3-5-13(15)16/h1-2,4,6,10-11H,3,5,7-9H2,(H,19,21)(H,22,23). The summed E-state index contributed by atoms with van der Waals surface area (Å²) in [6.45, 7) is 0. The molecule has 0 radical (unpaired) electrons. The van der Waals surface area contributed by atoms with E-state index in [0.29, 0.717) is 12.8 Å². The number of nitrogens with zero attached hydrogens (tertiary/aromatic N) is 1. The van der Waals surface area contributed by atoms with Gasteiger partial charge in [0.1, 0.15) is 0 Å². The fraction of sp³-hybridized carbons (Fsp3) is 0.389. The van der Waals surface area contributed by atoms with Gasteiger partial charge in [-0.3, -0.25) is 14.6 Å². The van der Waals surface area contributed by atoms with Crippen LogP contribution in [0.5, 0.6) is 0 Å². The summed E-state index contributed by atoms with van der Waals surface area (Å²) < 4.78 is 0. The van der Waals surface area contributed by atoms with E-state index in [4.69, 9.17) is 5.11 Å². The van der Waals surface area contributed by atoms with Crippen LogP contribution in [0.2, 0.25) is 0 Å². The molecule has 2 aliphatic rings. The molecule has 0 aliphatic heterocycles. The summed E-state index contributed by atoms with van der Waals surface area (Å²) in [6.07, 6.45) is 3.88. The van der Waals surface area contributed by atoms with Crippen LogP contribution >= 0.6 is 0 Å². The van der Waals surface area contributed by atoms with Gasteiger partial charge in [-0.05, 0) is 43.7 Å². The first-order chi connectivity index (χ1) is 11.1. The lowest BCUT2D eigenvalue weighted by atomic mass is 9.80. The van der Waals surface area contributed by atoms with Gasteiger partial charge in [0.05, 0.1) is 17.0 Å². The Kier molecular flexibility index (Phi) is 3.29. The number of pyridine rings is 1. The smallest absolute Gasteiger partial charge is 0.306 e. The van der Waals surface area contributed by atoms with E-state index in [2.05, 4.69) is 10.3 Å². The zero-order chi connectivity index (χ0) is 16.0. The molecule has 1 fully saturated rings. The van der Waals surface area contributed by atoms with Gasteiger partial charge >= 0.3 is 5.97 Å². The van der Waals surface area contributed by atoms with Crippen molar-refractivity contribution in [2.75, 3.05) is 0 Å². The van der Waals surface area contributed by atoms with Crippen LogP contribution in [0.1, 0.15) is 40.9 Å². The number of fused-ring (bicyclic) bond motifs is 2. The lowest BCUT2D eigenvalue weighted by Crippen LogP contribution is -2.46. The van der Waals surface area contributed by atoms with Crippen LogP contribution in [-0.4, -0.2) is 28.0 Å². The van der Waals surface area contributed by atoms with Crippen molar-refractivity contribution >= 4 is 22.8 Å². The van der Waals surface area contributed by atoms with Crippen molar-refractivity contribution in [1.29, 1.82) is 0 Å². The molecule has 5 nitrogen and oxygen atoms in total. The predicted octanol–water partition coefficient (Wildman–Crippen LogP) is 2.32. The summed E-state index contributed by atoms with van der Waals surface area (Å²) in [5, 5.41) is 12.8. The third kappa shape index (κ3) is 2.36. The number of carboxylic acid groups (broad SMARTS) is 1. The molecule has 1 aromatic heterocycles. The van der Waals surface area contributed by atoms with Gasteiger partial charge in [-0.2, -0.15) is 0 Å². The van der Waals surface area contributed by atoms with Crippen molar-refractivity contribution in [2.24, 2.45) is 5.92 Å². The fourth-order valence-electron chi connectivity index (χ4n) is 3.67. The minimum Gasteiger partial charge on any atom is -0.481 e. The summed E-state index contributed by atoms with van der Waals surface area (Å²) >= 11 is 0. The Morgan fingerprint density at radius 2 is 1.96 bits per heavy atom. The quantitative estimate of drug-likeness (QED) is 0.912. The second-order valence-corrected chi connectivity index (χ2v) is 6.46. The number of carboxylic acids is 1. The third-order valence-corrected chi connectivity index (χ3v) is 4.97. The van der Waals surface area contributed by atoms with E-state index < -0.39 is 5.97 Å². The van der Waals surface area contributed by atoms with Gasteiger partial charge in [-0.15, -0.1) is 0 Å². The average molecular weight is 310 g/mol. The van der Waals surface area contributed by atoms with E-state index >= 15 is 0 Å². The van der Waals surface area contributed by atoms with Crippen molar-refractivity contribution in [1.82, 2.24) is 10.3 Å². The maximum atomic E-state index is 12.8. The molecular weight excluding hydrogens is 292 g/mol. The number of rotatable bonds is 3. The Hall–Kier alpha value is -2.43. The van der Waals surface area contributed by atoms with Crippen molar-refractivity contribution in [3.8, 4) is 0 Å². The first-order valence-electron chi connectivity index (χ1n) is 8.07. The highest BCUT2D eigenvalue weighted by molar-refractivity contribution is 6.08. The van der Waals surface area contributed by atoms with Crippen LogP contribution in [0.15, 0.2) is 24.3 Å². The summed E-state index contributed by atoms with van der Waals surface area (Å²) in [5.41, 5.74) is 3.69. The molecule has 1 amide bonds. The molecular formula is C18H18N2O3. The topological polar surface area (TPSA) is 79.3 Å². The Morgan fingerprint density at radius 1 is 1.17 bits per heavy atom. The highest BCUT2D eigenvalue weighted by Crippen LogP contribution is 2.32. The highest BCUT2D eigenvalue weighted by Gasteiger charge is 2.36. The molecule has 0 bridgehead atoms. The Bertz CT molecular complexity index is 809. The monoisotopic (exact) mass is 310 g/mol. The largest absolute Gasteiger partial charge is 0.481 e. The number of hydrogen-bond donors (Lipinski definition) is 2. The molecule has 1 heterocycles. The number of nitrogens with one attached hydrogen (secondary N) is 1. The van der Waals surface area contributed by atoms with Crippen molar-refractivity contribution in [3.05, 3.63) is 41.1 Å². The molecule has 4 rings (SSSR count). The highest BCUT2D eigenvalue weighted by atomic mass is 16.4. The average Bonchev–Trinajstić information content (AvgIpc) is 2.94. The molecule has 1 aromatic carbocycles. The van der Waals surface area contributed by atoms with E-state index in [1.807, 2.05) is 24.3 Å². The number of amides is 1. The zero-order valence-electron chi connectivity index (χ0n) is 12.7. The second kappa shape index (κ2) is 5.33. The molecule has 0 saturated heterocycles. The number of aromatic nitrogens is 1. The number of aliphatic carboxylic acids is 1. The molecule has 5 heteroatoms. The molecule has 23 heavy (non-hydrogen) atoms. The number of carbonyl (C=O) groups excluding carboxylic acids is 1.